The van der Waals surface area contributed by atoms with Crippen molar-refractivity contribution in [2.24, 2.45) is 0 Å². The average molecular weight is 463 g/mol. The van der Waals surface area contributed by atoms with Gasteiger partial charge in [0.05, 0.1) is 17.7 Å². The van der Waals surface area contributed by atoms with Crippen LogP contribution in [0.4, 0.5) is 4.79 Å². The molecule has 4 rings (SSSR count). The van der Waals surface area contributed by atoms with Crippen LogP contribution in [-0.2, 0) is 4.74 Å². The molecule has 0 aliphatic heterocycles. The van der Waals surface area contributed by atoms with Crippen molar-refractivity contribution in [1.82, 2.24) is 5.32 Å². The third-order valence-corrected chi connectivity index (χ3v) is 6.11. The van der Waals surface area contributed by atoms with Crippen LogP contribution in [0.25, 0.3) is 11.1 Å². The number of hydrogen-bond acceptors (Lipinski definition) is 5. The van der Waals surface area contributed by atoms with Crippen molar-refractivity contribution in [3.8, 4) is 17.2 Å². The number of carbonyl (C=O) groups excluding carboxylic acids is 1. The van der Waals surface area contributed by atoms with E-state index < -0.39 is 18.3 Å². The van der Waals surface area contributed by atoms with Gasteiger partial charge in [-0.15, -0.1) is 0 Å². The first-order valence-corrected chi connectivity index (χ1v) is 11.0. The molecular weight excluding hydrogens is 440 g/mol. The summed E-state index contributed by atoms with van der Waals surface area (Å²) in [6, 6.07) is 22.6. The second kappa shape index (κ2) is 10.1. The number of aliphatic hydroxyl groups is 2. The number of rotatable bonds is 7. The van der Waals surface area contributed by atoms with Crippen molar-refractivity contribution < 1.29 is 19.7 Å². The Hall–Kier alpha value is -3.37. The lowest BCUT2D eigenvalue weighted by Gasteiger charge is -2.20. The molecule has 0 radical (unpaired) electrons. The van der Waals surface area contributed by atoms with Crippen molar-refractivity contribution in [2.75, 3.05) is 13.2 Å². The minimum absolute atomic E-state index is 0.0391. The van der Waals surface area contributed by atoms with E-state index in [-0.39, 0.29) is 36.6 Å². The van der Waals surface area contributed by atoms with Crippen LogP contribution in [0.2, 0.25) is 5.02 Å². The number of alkyl carbamates (subject to hydrolysis) is 1. The third-order valence-electron chi connectivity index (χ3n) is 5.87. The third kappa shape index (κ3) is 4.86. The van der Waals surface area contributed by atoms with Gasteiger partial charge in [0.2, 0.25) is 0 Å². The van der Waals surface area contributed by atoms with Crippen LogP contribution in [0.3, 0.4) is 0 Å². The van der Waals surface area contributed by atoms with E-state index in [1.165, 1.54) is 12.1 Å². The topological polar surface area (TPSA) is 103 Å². The Balaban J connectivity index is 1.30. The van der Waals surface area contributed by atoms with Gasteiger partial charge in [0.1, 0.15) is 12.7 Å². The van der Waals surface area contributed by atoms with E-state index in [2.05, 4.69) is 17.4 Å². The van der Waals surface area contributed by atoms with Crippen LogP contribution in [0.1, 0.15) is 40.7 Å². The van der Waals surface area contributed by atoms with Gasteiger partial charge in [0.25, 0.3) is 0 Å². The number of hydrogen-bond donors (Lipinski definition) is 3. The lowest BCUT2D eigenvalue weighted by Crippen LogP contribution is -2.30. The van der Waals surface area contributed by atoms with Gasteiger partial charge >= 0.3 is 6.09 Å². The van der Waals surface area contributed by atoms with Gasteiger partial charge in [0, 0.05) is 23.0 Å². The lowest BCUT2D eigenvalue weighted by atomic mass is 9.97. The van der Waals surface area contributed by atoms with Crippen molar-refractivity contribution >= 4 is 17.7 Å². The summed E-state index contributed by atoms with van der Waals surface area (Å²) in [6.07, 6.45) is -3.02. The first kappa shape index (κ1) is 22.8. The Kier molecular flexibility index (Phi) is 6.95. The van der Waals surface area contributed by atoms with E-state index in [9.17, 15) is 20.3 Å². The molecule has 0 fully saturated rings. The van der Waals surface area contributed by atoms with Crippen molar-refractivity contribution in [2.45, 2.75) is 24.5 Å². The molecule has 1 amide bonds. The highest BCUT2D eigenvalue weighted by Gasteiger charge is 2.29. The summed E-state index contributed by atoms with van der Waals surface area (Å²) in [5, 5.41) is 32.9. The van der Waals surface area contributed by atoms with Gasteiger partial charge in [-0.05, 0) is 46.9 Å². The first-order chi connectivity index (χ1) is 16.0. The zero-order valence-electron chi connectivity index (χ0n) is 17.7. The number of fused-ring (bicyclic) bond motifs is 3. The Bertz CT molecular complexity index is 1160. The van der Waals surface area contributed by atoms with E-state index in [1.54, 1.807) is 6.07 Å². The fourth-order valence-electron chi connectivity index (χ4n) is 4.22. The number of ether oxygens (including phenoxy) is 1. The molecule has 0 saturated carbocycles. The molecule has 3 aromatic rings. The summed E-state index contributed by atoms with van der Waals surface area (Å²) in [7, 11) is 0. The monoisotopic (exact) mass is 462 g/mol. The molecule has 6 nitrogen and oxygen atoms in total. The molecule has 168 valence electrons. The second-order valence-corrected chi connectivity index (χ2v) is 8.33. The molecule has 2 unspecified atom stereocenters. The second-order valence-electron chi connectivity index (χ2n) is 7.90. The first-order valence-electron chi connectivity index (χ1n) is 10.6. The Morgan fingerprint density at radius 3 is 2.33 bits per heavy atom. The van der Waals surface area contributed by atoms with Gasteiger partial charge in [0.15, 0.2) is 0 Å². The number of nitrogens with zero attached hydrogens (tertiary/aromatic N) is 1. The van der Waals surface area contributed by atoms with Crippen LogP contribution < -0.4 is 5.32 Å². The van der Waals surface area contributed by atoms with Gasteiger partial charge in [-0.3, -0.25) is 0 Å². The molecule has 1 aliphatic carbocycles. The van der Waals surface area contributed by atoms with E-state index in [4.69, 9.17) is 16.3 Å². The Morgan fingerprint density at radius 1 is 1.06 bits per heavy atom. The highest BCUT2D eigenvalue weighted by atomic mass is 35.5. The Morgan fingerprint density at radius 2 is 1.70 bits per heavy atom. The predicted molar refractivity (Wildman–Crippen MR) is 125 cm³/mol. The molecule has 1 aliphatic rings. The van der Waals surface area contributed by atoms with Crippen LogP contribution in [-0.4, -0.2) is 35.6 Å². The number of amides is 1. The maximum Gasteiger partial charge on any atom is 0.407 e. The van der Waals surface area contributed by atoms with Crippen molar-refractivity contribution in [3.05, 3.63) is 94.0 Å². The van der Waals surface area contributed by atoms with E-state index in [0.29, 0.717) is 5.02 Å². The highest BCUT2D eigenvalue weighted by molar-refractivity contribution is 6.30. The molecular formula is C26H23ClN2O4. The smallest absolute Gasteiger partial charge is 0.407 e. The van der Waals surface area contributed by atoms with Crippen LogP contribution in [0.15, 0.2) is 66.7 Å². The van der Waals surface area contributed by atoms with E-state index >= 15 is 0 Å². The fourth-order valence-corrected chi connectivity index (χ4v) is 4.40. The standard InChI is InChI=1S/C26H23ClN2O4/c27-17-10-9-16(14-28)22(13-17)25(31)24(30)11-12-29-26(32)33-15-23-20-7-3-1-5-18(20)19-6-2-4-8-21(19)23/h1-10,13,23-25,30-31H,11-12,15H2,(H,29,32). The number of nitrogens with one attached hydrogen (secondary N) is 1. The number of carbonyl (C=O) groups is 1. The fraction of sp³-hybridized carbons (Fsp3) is 0.231. The van der Waals surface area contributed by atoms with Crippen LogP contribution in [0, 0.1) is 11.3 Å². The molecule has 0 saturated heterocycles. The number of halogens is 1. The van der Waals surface area contributed by atoms with Gasteiger partial charge in [-0.2, -0.15) is 5.26 Å². The molecule has 3 N–H and O–H groups in total. The number of benzene rings is 3. The van der Waals surface area contributed by atoms with E-state index in [1.807, 2.05) is 42.5 Å². The lowest BCUT2D eigenvalue weighted by molar-refractivity contribution is 0.0135. The minimum atomic E-state index is -1.30. The molecule has 33 heavy (non-hydrogen) atoms. The summed E-state index contributed by atoms with van der Waals surface area (Å²) >= 11 is 5.94. The van der Waals surface area contributed by atoms with Crippen LogP contribution >= 0.6 is 11.6 Å². The molecule has 0 aromatic heterocycles. The predicted octanol–water partition coefficient (Wildman–Crippen LogP) is 4.53. The molecule has 0 bridgehead atoms. The highest BCUT2D eigenvalue weighted by Crippen LogP contribution is 2.44. The summed E-state index contributed by atoms with van der Waals surface area (Å²) < 4.78 is 5.46. The van der Waals surface area contributed by atoms with Crippen LogP contribution in [0.5, 0.6) is 0 Å². The Labute approximate surface area is 197 Å². The maximum atomic E-state index is 12.3. The molecule has 2 atom stereocenters. The van der Waals surface area contributed by atoms with E-state index in [0.717, 1.165) is 22.3 Å². The zero-order chi connectivity index (χ0) is 23.4. The molecule has 0 heterocycles. The average Bonchev–Trinajstić information content (AvgIpc) is 3.16. The summed E-state index contributed by atoms with van der Waals surface area (Å²) in [5.41, 5.74) is 5.03. The summed E-state index contributed by atoms with van der Waals surface area (Å²) in [6.45, 7) is 0.288. The molecule has 7 heteroatoms. The zero-order valence-corrected chi connectivity index (χ0v) is 18.5. The molecule has 0 spiro atoms. The minimum Gasteiger partial charge on any atom is -0.449 e. The maximum absolute atomic E-state index is 12.3. The van der Waals surface area contributed by atoms with Gasteiger partial charge in [-0.1, -0.05) is 60.1 Å². The number of nitriles is 1. The normalized spacial score (nSPS) is 14.0. The summed E-state index contributed by atoms with van der Waals surface area (Å²) in [5.74, 6) is -0.0391. The van der Waals surface area contributed by atoms with Gasteiger partial charge < -0.3 is 20.3 Å². The quantitative estimate of drug-likeness (QED) is 0.478. The van der Waals surface area contributed by atoms with Gasteiger partial charge in [-0.25, -0.2) is 4.79 Å². The van der Waals surface area contributed by atoms with Crippen molar-refractivity contribution in [3.63, 3.8) is 0 Å². The van der Waals surface area contributed by atoms with Crippen molar-refractivity contribution in [1.29, 1.82) is 5.26 Å². The molecule has 3 aromatic carbocycles. The summed E-state index contributed by atoms with van der Waals surface area (Å²) in [4.78, 5) is 12.3. The largest absolute Gasteiger partial charge is 0.449 e. The number of aliphatic hydroxyl groups excluding tert-OH is 2. The SMILES string of the molecule is N#Cc1ccc(Cl)cc1C(O)C(O)CCNC(=O)OCC1c2ccccc2-c2ccccc21.